The minimum absolute atomic E-state index is 0.122. The number of sulfone groups is 1. The van der Waals surface area contributed by atoms with Crippen LogP contribution in [-0.2, 0) is 35.5 Å². The van der Waals surface area contributed by atoms with Gasteiger partial charge in [0.2, 0.25) is 0 Å². The fourth-order valence-corrected chi connectivity index (χ4v) is 18.6. The number of rotatable bonds is 11. The van der Waals surface area contributed by atoms with Crippen molar-refractivity contribution in [1.29, 1.82) is 0 Å². The highest BCUT2D eigenvalue weighted by Crippen LogP contribution is 2.78. The van der Waals surface area contributed by atoms with Crippen molar-refractivity contribution in [3.8, 4) is 0 Å². The largest absolute Gasteiger partial charge is 0.462 e. The second-order valence-corrected chi connectivity index (χ2v) is 27.9. The van der Waals surface area contributed by atoms with Crippen LogP contribution in [0.5, 0.6) is 0 Å². The van der Waals surface area contributed by atoms with E-state index < -0.39 is 15.3 Å². The molecule has 1 aromatic rings. The Morgan fingerprint density at radius 3 is 2.06 bits per heavy atom. The van der Waals surface area contributed by atoms with E-state index in [-0.39, 0.29) is 63.7 Å². The van der Waals surface area contributed by atoms with Crippen molar-refractivity contribution in [3.63, 3.8) is 0 Å². The van der Waals surface area contributed by atoms with Gasteiger partial charge < -0.3 is 14.8 Å². The number of benzene rings is 1. The molecule has 0 amide bonds. The Kier molecular flexibility index (Phi) is 11.6. The van der Waals surface area contributed by atoms with Gasteiger partial charge in [-0.15, -0.1) is 0 Å². The number of hydrogen-bond donors (Lipinski definition) is 1. The predicted molar refractivity (Wildman–Crippen MR) is 250 cm³/mol. The van der Waals surface area contributed by atoms with Gasteiger partial charge in [0.1, 0.15) is 12.7 Å². The summed E-state index contributed by atoms with van der Waals surface area (Å²) in [5, 5.41) is 4.43. The van der Waals surface area contributed by atoms with E-state index in [1.807, 2.05) is 44.2 Å². The molecular formula is C54H84N2O6S. The highest BCUT2D eigenvalue weighted by Gasteiger charge is 2.72. The zero-order chi connectivity index (χ0) is 45.2. The topological polar surface area (TPSA) is 102 Å². The molecule has 1 aromatic carbocycles. The summed E-state index contributed by atoms with van der Waals surface area (Å²) in [6.45, 7) is 26.9. The number of carbonyl (C=O) groups excluding carboxylic acids is 2. The zero-order valence-corrected chi connectivity index (χ0v) is 41.7. The number of ether oxygens (including phenoxy) is 2. The van der Waals surface area contributed by atoms with E-state index in [2.05, 4.69) is 65.6 Å². The van der Waals surface area contributed by atoms with Crippen LogP contribution in [0.25, 0.3) is 0 Å². The number of fused-ring (bicyclic) bond motifs is 7. The normalized spacial score (nSPS) is 43.5. The van der Waals surface area contributed by atoms with E-state index in [0.29, 0.717) is 72.1 Å². The Morgan fingerprint density at radius 1 is 0.730 bits per heavy atom. The first kappa shape index (κ1) is 46.2. The first-order valence-corrected chi connectivity index (χ1v) is 27.4. The van der Waals surface area contributed by atoms with Crippen molar-refractivity contribution in [1.82, 2.24) is 10.2 Å². The molecule has 0 unspecified atom stereocenters. The fraction of sp³-hybridized carbons (Fsp3) is 0.852. The average Bonchev–Trinajstić information content (AvgIpc) is 3.85. The molecule has 1 saturated heterocycles. The van der Waals surface area contributed by atoms with Crippen LogP contribution >= 0.6 is 0 Å². The third-order valence-electron chi connectivity index (χ3n) is 21.9. The van der Waals surface area contributed by atoms with Crippen molar-refractivity contribution >= 4 is 21.8 Å². The van der Waals surface area contributed by atoms with Gasteiger partial charge in [-0.1, -0.05) is 99.6 Å². The second-order valence-electron chi connectivity index (χ2n) is 25.6. The Labute approximate surface area is 381 Å². The van der Waals surface area contributed by atoms with Crippen molar-refractivity contribution in [2.45, 2.75) is 177 Å². The Hall–Kier alpha value is -1.97. The third-order valence-corrected chi connectivity index (χ3v) is 23.5. The molecule has 63 heavy (non-hydrogen) atoms. The maximum Gasteiger partial charge on any atom is 0.309 e. The third kappa shape index (κ3) is 7.42. The van der Waals surface area contributed by atoms with Crippen molar-refractivity contribution < 1.29 is 27.5 Å². The molecule has 7 saturated carbocycles. The second kappa shape index (κ2) is 15.8. The molecule has 0 spiro atoms. The first-order chi connectivity index (χ1) is 29.5. The average molecular weight is 889 g/mol. The molecule has 8 fully saturated rings. The van der Waals surface area contributed by atoms with Crippen LogP contribution < -0.4 is 5.32 Å². The molecule has 8 aliphatic rings. The van der Waals surface area contributed by atoms with Crippen LogP contribution in [0.2, 0.25) is 0 Å². The van der Waals surface area contributed by atoms with E-state index in [1.54, 1.807) is 0 Å². The molecule has 352 valence electrons. The molecule has 1 heterocycles. The van der Waals surface area contributed by atoms with E-state index in [9.17, 15) is 18.0 Å². The zero-order valence-electron chi connectivity index (χ0n) is 40.9. The smallest absolute Gasteiger partial charge is 0.309 e. The molecule has 13 atom stereocenters. The summed E-state index contributed by atoms with van der Waals surface area (Å²) in [5.74, 6) is 3.41. The van der Waals surface area contributed by atoms with Gasteiger partial charge in [-0.2, -0.15) is 0 Å². The monoisotopic (exact) mass is 889 g/mol. The molecule has 0 aromatic heterocycles. The van der Waals surface area contributed by atoms with Crippen LogP contribution in [0.15, 0.2) is 30.3 Å². The van der Waals surface area contributed by atoms with Gasteiger partial charge >= 0.3 is 11.9 Å². The number of esters is 2. The van der Waals surface area contributed by atoms with Gasteiger partial charge in [0, 0.05) is 36.6 Å². The van der Waals surface area contributed by atoms with Gasteiger partial charge in [0.05, 0.1) is 23.3 Å². The quantitative estimate of drug-likeness (QED) is 0.219. The van der Waals surface area contributed by atoms with E-state index >= 15 is 0 Å². The molecule has 9 rings (SSSR count). The van der Waals surface area contributed by atoms with Gasteiger partial charge in [0.15, 0.2) is 9.84 Å². The van der Waals surface area contributed by atoms with Crippen LogP contribution in [0.3, 0.4) is 0 Å². The van der Waals surface area contributed by atoms with Crippen LogP contribution in [0.1, 0.15) is 158 Å². The molecule has 9 heteroatoms. The summed E-state index contributed by atoms with van der Waals surface area (Å²) < 4.78 is 37.2. The maximum atomic E-state index is 14.1. The molecule has 7 aliphatic carbocycles. The summed E-state index contributed by atoms with van der Waals surface area (Å²) in [6.07, 6.45) is 15.4. The Balaban J connectivity index is 0.892. The predicted octanol–water partition coefficient (Wildman–Crippen LogP) is 10.3. The standard InChI is InChI=1S/C54H84N2O6S/c1-35(2)41(56-28-30-63(59,60)31-29-56)33-55-54-23-18-37(50(7)24-25-50)45(54)38-16-17-43-51(8)21-20-44(49(5,6)42(51)19-22-53(43,10)52(38,9)26-27-54)62-47(58)40-32-39(48(40,3)4)46(57)61-34-36-14-12-11-13-15-36/h11-15,35,37-45,55H,16-34H2,1-10H3/t37-,38-,39+,40-,41-,42+,43-,44+,45-,51+,52-,53-,54+/m1/s1. The molecule has 1 N–H and O–H groups in total. The molecule has 8 nitrogen and oxygen atoms in total. The number of nitrogens with zero attached hydrogens (tertiary/aromatic N) is 1. The number of carbonyl (C=O) groups is 2. The summed E-state index contributed by atoms with van der Waals surface area (Å²) in [6, 6.07) is 10.1. The van der Waals surface area contributed by atoms with Gasteiger partial charge in [-0.25, -0.2) is 8.42 Å². The van der Waals surface area contributed by atoms with E-state index in [1.165, 1.54) is 64.2 Å². The lowest BCUT2D eigenvalue weighted by Crippen LogP contribution is -2.69. The molecular weight excluding hydrogens is 805 g/mol. The lowest BCUT2D eigenvalue weighted by molar-refractivity contribution is -0.250. The highest BCUT2D eigenvalue weighted by molar-refractivity contribution is 7.91. The molecule has 1 aliphatic heterocycles. The van der Waals surface area contributed by atoms with Crippen LogP contribution in [-0.4, -0.2) is 74.1 Å². The van der Waals surface area contributed by atoms with Crippen molar-refractivity contribution in [2.75, 3.05) is 31.1 Å². The van der Waals surface area contributed by atoms with Crippen molar-refractivity contribution in [2.24, 2.45) is 79.8 Å². The SMILES string of the molecule is CC(C)[C@@H](CN[C@]12CC[C@@H](C3(C)CC3)[C@@H]1[C@H]1CC[C@@H]3[C@@]4(C)CC[C@H](OC(=O)[C@H]5C[C@@H](C(=O)OCc6ccccc6)C5(C)C)C(C)(C)[C@@H]4CC[C@@]3(C)[C@]1(C)CC2)N1CCS(=O)(=O)CC1. The molecule has 0 radical (unpaired) electrons. The fourth-order valence-electron chi connectivity index (χ4n) is 17.4. The minimum atomic E-state index is -2.92. The molecule has 0 bridgehead atoms. The first-order valence-electron chi connectivity index (χ1n) is 25.6. The Morgan fingerprint density at radius 2 is 1.41 bits per heavy atom. The number of nitrogens with one attached hydrogen (secondary N) is 1. The van der Waals surface area contributed by atoms with E-state index in [0.717, 1.165) is 30.9 Å². The number of hydrogen-bond acceptors (Lipinski definition) is 8. The van der Waals surface area contributed by atoms with Crippen LogP contribution in [0, 0.1) is 79.8 Å². The van der Waals surface area contributed by atoms with Crippen LogP contribution in [0.4, 0.5) is 0 Å². The lowest BCUT2D eigenvalue weighted by Gasteiger charge is -2.73. The minimum Gasteiger partial charge on any atom is -0.462 e. The lowest BCUT2D eigenvalue weighted by atomic mass is 9.32. The summed E-state index contributed by atoms with van der Waals surface area (Å²) in [5.41, 5.74) is 1.69. The van der Waals surface area contributed by atoms with Gasteiger partial charge in [-0.3, -0.25) is 14.5 Å². The maximum absolute atomic E-state index is 14.1. The van der Waals surface area contributed by atoms with Gasteiger partial charge in [-0.05, 0) is 152 Å². The van der Waals surface area contributed by atoms with E-state index in [4.69, 9.17) is 9.47 Å². The van der Waals surface area contributed by atoms with Gasteiger partial charge in [0.25, 0.3) is 0 Å². The van der Waals surface area contributed by atoms with Crippen molar-refractivity contribution in [3.05, 3.63) is 35.9 Å². The highest BCUT2D eigenvalue weighted by atomic mass is 32.2. The Bertz CT molecular complexity index is 2000. The summed E-state index contributed by atoms with van der Waals surface area (Å²) in [4.78, 5) is 29.8. The summed E-state index contributed by atoms with van der Waals surface area (Å²) >= 11 is 0. The summed E-state index contributed by atoms with van der Waals surface area (Å²) in [7, 11) is -2.92.